The number of aromatic nitrogens is 3. The van der Waals surface area contributed by atoms with E-state index in [1.165, 1.54) is 22.2 Å². The van der Waals surface area contributed by atoms with Crippen LogP contribution in [0.25, 0.3) is 10.3 Å². The Kier molecular flexibility index (Phi) is 7.64. The molecular formula is C24H30N6O4S. The van der Waals surface area contributed by atoms with Crippen molar-refractivity contribution in [1.29, 1.82) is 0 Å². The van der Waals surface area contributed by atoms with E-state index < -0.39 is 0 Å². The van der Waals surface area contributed by atoms with Gasteiger partial charge in [-0.05, 0) is 44.4 Å². The van der Waals surface area contributed by atoms with Crippen LogP contribution in [-0.4, -0.2) is 52.6 Å². The predicted molar refractivity (Wildman–Crippen MR) is 135 cm³/mol. The number of nitrogens with one attached hydrogen (secondary N) is 2. The number of methoxy groups -OCH3 is 1. The molecule has 2 amide bonds. The third kappa shape index (κ3) is 5.97. The Bertz CT molecular complexity index is 1250. The summed E-state index contributed by atoms with van der Waals surface area (Å²) in [5, 5.41) is 6.47. The summed E-state index contributed by atoms with van der Waals surface area (Å²) in [4.78, 5) is 48.8. The van der Waals surface area contributed by atoms with Gasteiger partial charge in [0.25, 0.3) is 5.56 Å². The van der Waals surface area contributed by atoms with Crippen LogP contribution in [0.4, 0.5) is 5.13 Å². The van der Waals surface area contributed by atoms with Crippen molar-refractivity contribution in [2.75, 3.05) is 25.1 Å². The molecule has 0 unspecified atom stereocenters. The Labute approximate surface area is 207 Å². The minimum atomic E-state index is -0.301. The fourth-order valence-corrected chi connectivity index (χ4v) is 5.01. The van der Waals surface area contributed by atoms with Gasteiger partial charge in [0.15, 0.2) is 10.8 Å². The van der Waals surface area contributed by atoms with E-state index in [0.29, 0.717) is 28.6 Å². The SMILES string of the molecule is COc1ccc(CNC(=O)Cn2cnc3nc(N4CCC[C@H](C(=O)NC(C)C)C4)sc3c2=O)cc1. The maximum absolute atomic E-state index is 13.0. The second-order valence-corrected chi connectivity index (χ2v) is 9.88. The summed E-state index contributed by atoms with van der Waals surface area (Å²) in [6.07, 6.45) is 3.06. The molecule has 186 valence electrons. The Hall–Kier alpha value is -3.47. The summed E-state index contributed by atoms with van der Waals surface area (Å²) < 4.78 is 6.83. The summed E-state index contributed by atoms with van der Waals surface area (Å²) >= 11 is 1.26. The highest BCUT2D eigenvalue weighted by molar-refractivity contribution is 7.22. The van der Waals surface area contributed by atoms with Crippen LogP contribution in [-0.2, 0) is 22.7 Å². The fourth-order valence-electron chi connectivity index (χ4n) is 4.00. The van der Waals surface area contributed by atoms with Crippen LogP contribution in [0.1, 0.15) is 32.3 Å². The van der Waals surface area contributed by atoms with Crippen LogP contribution in [0.3, 0.4) is 0 Å². The number of carbonyl (C=O) groups is 2. The number of carbonyl (C=O) groups excluding carboxylic acids is 2. The van der Waals surface area contributed by atoms with Gasteiger partial charge in [0.05, 0.1) is 13.0 Å². The quantitative estimate of drug-likeness (QED) is 0.487. The van der Waals surface area contributed by atoms with Gasteiger partial charge >= 0.3 is 0 Å². The van der Waals surface area contributed by atoms with Crippen LogP contribution in [0.5, 0.6) is 5.75 Å². The molecule has 2 aromatic heterocycles. The van der Waals surface area contributed by atoms with Gasteiger partial charge in [-0.15, -0.1) is 0 Å². The monoisotopic (exact) mass is 498 g/mol. The number of anilines is 1. The second kappa shape index (κ2) is 10.9. The summed E-state index contributed by atoms with van der Waals surface area (Å²) in [6, 6.07) is 7.49. The zero-order valence-electron chi connectivity index (χ0n) is 20.1. The second-order valence-electron chi connectivity index (χ2n) is 8.90. The number of hydrogen-bond acceptors (Lipinski definition) is 8. The molecule has 0 bridgehead atoms. The minimum absolute atomic E-state index is 0.0481. The van der Waals surface area contributed by atoms with Crippen molar-refractivity contribution in [2.24, 2.45) is 5.92 Å². The van der Waals surface area contributed by atoms with E-state index in [1.54, 1.807) is 7.11 Å². The van der Waals surface area contributed by atoms with Gasteiger partial charge in [-0.2, -0.15) is 4.98 Å². The van der Waals surface area contributed by atoms with E-state index in [0.717, 1.165) is 30.7 Å². The standard InChI is InChI=1S/C24H30N6O4S/c1-15(2)27-22(32)17-5-4-10-29(12-17)24-28-21-20(35-24)23(33)30(14-26-21)13-19(31)25-11-16-6-8-18(34-3)9-7-16/h6-9,14-15,17H,4-5,10-13H2,1-3H3,(H,25,31)(H,27,32)/t17-/m0/s1. The topological polar surface area (TPSA) is 118 Å². The average Bonchev–Trinajstić information content (AvgIpc) is 3.30. The Balaban J connectivity index is 1.42. The number of piperidine rings is 1. The van der Waals surface area contributed by atoms with Gasteiger partial charge < -0.3 is 20.3 Å². The molecule has 0 spiro atoms. The van der Waals surface area contributed by atoms with Crippen molar-refractivity contribution in [3.05, 3.63) is 46.5 Å². The van der Waals surface area contributed by atoms with Crippen LogP contribution in [0.15, 0.2) is 35.4 Å². The number of hydrogen-bond donors (Lipinski definition) is 2. The van der Waals surface area contributed by atoms with Crippen molar-refractivity contribution in [2.45, 2.75) is 45.8 Å². The first-order valence-corrected chi connectivity index (χ1v) is 12.5. The lowest BCUT2D eigenvalue weighted by Gasteiger charge is -2.32. The van der Waals surface area contributed by atoms with Crippen LogP contribution in [0, 0.1) is 5.92 Å². The molecule has 1 atom stereocenters. The van der Waals surface area contributed by atoms with Crippen LogP contribution < -0.4 is 25.8 Å². The summed E-state index contributed by atoms with van der Waals surface area (Å²) in [5.74, 6) is 0.391. The van der Waals surface area contributed by atoms with Gasteiger partial charge in [-0.3, -0.25) is 19.0 Å². The molecule has 4 rings (SSSR count). The molecule has 1 saturated heterocycles. The van der Waals surface area contributed by atoms with E-state index in [9.17, 15) is 14.4 Å². The molecule has 10 nitrogen and oxygen atoms in total. The molecule has 1 aliphatic heterocycles. The Morgan fingerprint density at radius 1 is 1.26 bits per heavy atom. The molecule has 35 heavy (non-hydrogen) atoms. The lowest BCUT2D eigenvalue weighted by molar-refractivity contribution is -0.125. The summed E-state index contributed by atoms with van der Waals surface area (Å²) in [6.45, 7) is 5.43. The first-order chi connectivity index (χ1) is 16.8. The third-order valence-electron chi connectivity index (χ3n) is 5.83. The van der Waals surface area contributed by atoms with Gasteiger partial charge in [0, 0.05) is 25.7 Å². The molecule has 0 saturated carbocycles. The first-order valence-electron chi connectivity index (χ1n) is 11.6. The fraction of sp³-hybridized carbons (Fsp3) is 0.458. The van der Waals surface area contributed by atoms with Crippen molar-refractivity contribution in [3.8, 4) is 5.75 Å². The van der Waals surface area contributed by atoms with Gasteiger partial charge in [-0.1, -0.05) is 23.5 Å². The maximum atomic E-state index is 13.0. The van der Waals surface area contributed by atoms with Crippen molar-refractivity contribution in [3.63, 3.8) is 0 Å². The number of benzene rings is 1. The number of amides is 2. The normalized spacial score (nSPS) is 15.9. The summed E-state index contributed by atoms with van der Waals surface area (Å²) in [5.41, 5.74) is 0.984. The van der Waals surface area contributed by atoms with Gasteiger partial charge in [0.1, 0.15) is 23.3 Å². The third-order valence-corrected chi connectivity index (χ3v) is 6.92. The maximum Gasteiger partial charge on any atom is 0.273 e. The number of fused-ring (bicyclic) bond motifs is 1. The van der Waals surface area contributed by atoms with Gasteiger partial charge in [0.2, 0.25) is 11.8 Å². The van der Waals surface area contributed by atoms with E-state index >= 15 is 0 Å². The number of nitrogens with zero attached hydrogens (tertiary/aromatic N) is 4. The molecule has 3 aromatic rings. The van der Waals surface area contributed by atoms with E-state index in [2.05, 4.69) is 20.6 Å². The Morgan fingerprint density at radius 3 is 2.74 bits per heavy atom. The zero-order valence-corrected chi connectivity index (χ0v) is 20.9. The van der Waals surface area contributed by atoms with Crippen molar-refractivity contribution in [1.82, 2.24) is 25.2 Å². The van der Waals surface area contributed by atoms with Crippen molar-refractivity contribution >= 4 is 38.6 Å². The molecule has 1 fully saturated rings. The first kappa shape index (κ1) is 24.6. The smallest absolute Gasteiger partial charge is 0.273 e. The van der Waals surface area contributed by atoms with Crippen LogP contribution >= 0.6 is 11.3 Å². The van der Waals surface area contributed by atoms with Gasteiger partial charge in [-0.25, -0.2) is 4.98 Å². The molecular weight excluding hydrogens is 468 g/mol. The predicted octanol–water partition coefficient (Wildman–Crippen LogP) is 1.92. The lowest BCUT2D eigenvalue weighted by Crippen LogP contribution is -2.44. The van der Waals surface area contributed by atoms with E-state index in [4.69, 9.17) is 4.74 Å². The van der Waals surface area contributed by atoms with Crippen LogP contribution in [0.2, 0.25) is 0 Å². The largest absolute Gasteiger partial charge is 0.497 e. The highest BCUT2D eigenvalue weighted by Gasteiger charge is 2.28. The molecule has 1 aliphatic rings. The zero-order chi connectivity index (χ0) is 24.9. The molecule has 3 heterocycles. The lowest BCUT2D eigenvalue weighted by atomic mass is 9.97. The highest BCUT2D eigenvalue weighted by Crippen LogP contribution is 2.29. The highest BCUT2D eigenvalue weighted by atomic mass is 32.1. The van der Waals surface area contributed by atoms with Crippen molar-refractivity contribution < 1.29 is 14.3 Å². The molecule has 11 heteroatoms. The molecule has 2 N–H and O–H groups in total. The number of ether oxygens (including phenoxy) is 1. The number of rotatable bonds is 8. The average molecular weight is 499 g/mol. The number of thiazole rings is 1. The Morgan fingerprint density at radius 2 is 2.03 bits per heavy atom. The summed E-state index contributed by atoms with van der Waals surface area (Å²) in [7, 11) is 1.60. The molecule has 0 aliphatic carbocycles. The van der Waals surface area contributed by atoms with E-state index in [-0.39, 0.29) is 35.9 Å². The minimum Gasteiger partial charge on any atom is -0.497 e. The molecule has 1 aromatic carbocycles. The van der Waals surface area contributed by atoms with E-state index in [1.807, 2.05) is 43.0 Å². The molecule has 0 radical (unpaired) electrons.